The Morgan fingerprint density at radius 1 is 1.55 bits per heavy atom. The number of anilines is 1. The topological polar surface area (TPSA) is 160 Å². The molecule has 3 heterocycles. The Kier molecular flexibility index (Phi) is 3.49. The molecule has 1 aliphatic rings. The van der Waals surface area contributed by atoms with Crippen molar-refractivity contribution in [3.05, 3.63) is 15.1 Å². The molecule has 1 fully saturated rings. The molecule has 0 aromatic carbocycles. The van der Waals surface area contributed by atoms with E-state index < -0.39 is 36.2 Å². The SMILES string of the molecule is C[C@]1(O)C(O)[C@@H](CO)O[C@H]1n1c(Br)nc2c(=O)[nH]c(N)nc21. The molecule has 11 heteroatoms. The lowest BCUT2D eigenvalue weighted by molar-refractivity contribution is -0.0960. The van der Waals surface area contributed by atoms with Crippen LogP contribution >= 0.6 is 15.9 Å². The largest absolute Gasteiger partial charge is 0.394 e. The molecule has 0 spiro atoms. The molecule has 10 nitrogen and oxygen atoms in total. The Hall–Kier alpha value is -1.53. The van der Waals surface area contributed by atoms with E-state index in [0.717, 1.165) is 0 Å². The zero-order valence-corrected chi connectivity index (χ0v) is 13.0. The van der Waals surface area contributed by atoms with Crippen LogP contribution in [0.3, 0.4) is 0 Å². The highest BCUT2D eigenvalue weighted by molar-refractivity contribution is 9.10. The Balaban J connectivity index is 2.22. The second-order valence-electron chi connectivity index (χ2n) is 5.25. The summed E-state index contributed by atoms with van der Waals surface area (Å²) in [5.74, 6) is -0.122. The molecule has 3 rings (SSSR count). The average Bonchev–Trinajstić information content (AvgIpc) is 2.86. The molecule has 6 N–H and O–H groups in total. The minimum absolute atomic E-state index is 0.00223. The van der Waals surface area contributed by atoms with E-state index >= 15 is 0 Å². The van der Waals surface area contributed by atoms with Gasteiger partial charge in [0.25, 0.3) is 5.56 Å². The summed E-state index contributed by atoms with van der Waals surface area (Å²) in [4.78, 5) is 22.2. The maximum atomic E-state index is 11.9. The molecule has 2 aromatic heterocycles. The third-order valence-electron chi connectivity index (χ3n) is 3.69. The first-order chi connectivity index (χ1) is 10.3. The maximum Gasteiger partial charge on any atom is 0.280 e. The second-order valence-corrected chi connectivity index (χ2v) is 5.96. The van der Waals surface area contributed by atoms with Crippen LogP contribution in [-0.4, -0.2) is 59.3 Å². The van der Waals surface area contributed by atoms with Crippen LogP contribution in [0.4, 0.5) is 5.95 Å². The van der Waals surface area contributed by atoms with Crippen LogP contribution in [0.25, 0.3) is 11.2 Å². The fourth-order valence-corrected chi connectivity index (χ4v) is 3.08. The molecular weight excluding hydrogens is 362 g/mol. The number of nitrogens with one attached hydrogen (secondary N) is 1. The number of aliphatic hydroxyl groups excluding tert-OH is 2. The molecule has 0 bridgehead atoms. The Labute approximate surface area is 131 Å². The van der Waals surface area contributed by atoms with Gasteiger partial charge >= 0.3 is 0 Å². The van der Waals surface area contributed by atoms with Gasteiger partial charge in [0.2, 0.25) is 5.95 Å². The van der Waals surface area contributed by atoms with E-state index in [2.05, 4.69) is 30.9 Å². The number of fused-ring (bicyclic) bond motifs is 1. The van der Waals surface area contributed by atoms with Crippen molar-refractivity contribution in [1.29, 1.82) is 0 Å². The molecule has 1 aliphatic heterocycles. The molecule has 2 aromatic rings. The lowest BCUT2D eigenvalue weighted by atomic mass is 9.96. The molecule has 1 unspecified atom stereocenters. The smallest absolute Gasteiger partial charge is 0.280 e. The van der Waals surface area contributed by atoms with E-state index in [1.165, 1.54) is 11.5 Å². The Morgan fingerprint density at radius 2 is 2.23 bits per heavy atom. The normalized spacial score (nSPS) is 32.0. The summed E-state index contributed by atoms with van der Waals surface area (Å²) >= 11 is 3.17. The maximum absolute atomic E-state index is 11.9. The standard InChI is InChI=1S/C11H14BrN5O5/c1-11(21)5(19)3(2-18)22-8(11)17-6-4(14-9(17)12)7(20)16-10(13)15-6/h3,5,8,18-19,21H,2H2,1H3,(H3,13,15,16,20)/t3-,5?,8-,11+/m1/s1. The summed E-state index contributed by atoms with van der Waals surface area (Å²) in [6.45, 7) is 0.876. The first-order valence-corrected chi connectivity index (χ1v) is 7.16. The monoisotopic (exact) mass is 375 g/mol. The van der Waals surface area contributed by atoms with Crippen molar-refractivity contribution in [2.24, 2.45) is 0 Å². The fourth-order valence-electron chi connectivity index (χ4n) is 2.55. The predicted molar refractivity (Wildman–Crippen MR) is 77.9 cm³/mol. The van der Waals surface area contributed by atoms with Gasteiger partial charge in [0.1, 0.15) is 17.8 Å². The van der Waals surface area contributed by atoms with Crippen molar-refractivity contribution in [2.75, 3.05) is 12.3 Å². The van der Waals surface area contributed by atoms with Crippen molar-refractivity contribution in [1.82, 2.24) is 19.5 Å². The van der Waals surface area contributed by atoms with Crippen molar-refractivity contribution >= 4 is 33.0 Å². The van der Waals surface area contributed by atoms with Crippen molar-refractivity contribution in [3.63, 3.8) is 0 Å². The molecule has 0 saturated carbocycles. The van der Waals surface area contributed by atoms with E-state index in [4.69, 9.17) is 10.5 Å². The van der Waals surface area contributed by atoms with Crippen LogP contribution in [0.2, 0.25) is 0 Å². The van der Waals surface area contributed by atoms with E-state index in [0.29, 0.717) is 0 Å². The van der Waals surface area contributed by atoms with Gasteiger partial charge in [-0.25, -0.2) is 4.98 Å². The number of nitrogen functional groups attached to an aromatic ring is 1. The molecule has 120 valence electrons. The minimum atomic E-state index is -1.73. The van der Waals surface area contributed by atoms with Crippen LogP contribution in [-0.2, 0) is 4.74 Å². The van der Waals surface area contributed by atoms with Crippen molar-refractivity contribution in [2.45, 2.75) is 31.0 Å². The van der Waals surface area contributed by atoms with Crippen molar-refractivity contribution < 1.29 is 20.1 Å². The predicted octanol–water partition coefficient (Wildman–Crippen LogP) is -1.53. The fraction of sp³-hybridized carbons (Fsp3) is 0.545. The number of rotatable bonds is 2. The average molecular weight is 376 g/mol. The number of hydrogen-bond donors (Lipinski definition) is 5. The van der Waals surface area contributed by atoms with E-state index in [-0.39, 0.29) is 21.8 Å². The number of aromatic nitrogens is 4. The zero-order valence-electron chi connectivity index (χ0n) is 11.4. The van der Waals surface area contributed by atoms with Gasteiger partial charge in [-0.05, 0) is 22.9 Å². The summed E-state index contributed by atoms with van der Waals surface area (Å²) in [5.41, 5.74) is 3.35. The number of aliphatic hydroxyl groups is 3. The first-order valence-electron chi connectivity index (χ1n) is 6.37. The highest BCUT2D eigenvalue weighted by atomic mass is 79.9. The van der Waals surface area contributed by atoms with Gasteiger partial charge in [-0.2, -0.15) is 4.98 Å². The van der Waals surface area contributed by atoms with E-state index in [1.54, 1.807) is 0 Å². The number of ether oxygens (including phenoxy) is 1. The van der Waals surface area contributed by atoms with Gasteiger partial charge < -0.3 is 25.8 Å². The van der Waals surface area contributed by atoms with Gasteiger partial charge in [-0.3, -0.25) is 14.3 Å². The third kappa shape index (κ3) is 2.05. The number of nitrogens with two attached hydrogens (primary N) is 1. The number of nitrogens with zero attached hydrogens (tertiary/aromatic N) is 3. The van der Waals surface area contributed by atoms with E-state index in [9.17, 15) is 20.1 Å². The van der Waals surface area contributed by atoms with Crippen LogP contribution in [0.5, 0.6) is 0 Å². The summed E-state index contributed by atoms with van der Waals surface area (Å²) in [5, 5.41) is 29.8. The first kappa shape index (κ1) is 15.4. The Morgan fingerprint density at radius 3 is 2.82 bits per heavy atom. The van der Waals surface area contributed by atoms with Crippen molar-refractivity contribution in [3.8, 4) is 0 Å². The van der Waals surface area contributed by atoms with Gasteiger partial charge in [0, 0.05) is 0 Å². The Bertz CT molecular complexity index is 787. The van der Waals surface area contributed by atoms with Gasteiger partial charge in [-0.15, -0.1) is 0 Å². The molecule has 1 saturated heterocycles. The quantitative estimate of drug-likeness (QED) is 0.395. The summed E-state index contributed by atoms with van der Waals surface area (Å²) in [7, 11) is 0. The molecule has 0 aliphatic carbocycles. The van der Waals surface area contributed by atoms with Gasteiger partial charge in [0.15, 0.2) is 22.1 Å². The molecule has 22 heavy (non-hydrogen) atoms. The number of hydrogen-bond acceptors (Lipinski definition) is 8. The minimum Gasteiger partial charge on any atom is -0.394 e. The third-order valence-corrected chi connectivity index (χ3v) is 4.25. The molecule has 4 atom stereocenters. The molecule has 0 amide bonds. The lowest BCUT2D eigenvalue weighted by Gasteiger charge is -2.27. The number of H-pyrrole nitrogens is 1. The highest BCUT2D eigenvalue weighted by Gasteiger charge is 2.53. The number of halogens is 1. The van der Waals surface area contributed by atoms with Gasteiger partial charge in [-0.1, -0.05) is 0 Å². The summed E-state index contributed by atoms with van der Waals surface area (Å²) < 4.78 is 6.98. The summed E-state index contributed by atoms with van der Waals surface area (Å²) in [6, 6.07) is 0. The van der Waals surface area contributed by atoms with Crippen LogP contribution in [0.15, 0.2) is 9.53 Å². The van der Waals surface area contributed by atoms with Crippen LogP contribution in [0, 0.1) is 0 Å². The van der Waals surface area contributed by atoms with E-state index in [1.807, 2.05) is 0 Å². The summed E-state index contributed by atoms with van der Waals surface area (Å²) in [6.07, 6.45) is -3.43. The van der Waals surface area contributed by atoms with Crippen LogP contribution < -0.4 is 11.3 Å². The number of aromatic amines is 1. The van der Waals surface area contributed by atoms with Gasteiger partial charge in [0.05, 0.1) is 6.61 Å². The second kappa shape index (κ2) is 4.99. The zero-order chi connectivity index (χ0) is 16.2. The molecular formula is C11H14BrN5O5. The number of imidazole rings is 1. The van der Waals surface area contributed by atoms with Crippen LogP contribution in [0.1, 0.15) is 13.2 Å². The molecule has 0 radical (unpaired) electrons. The lowest BCUT2D eigenvalue weighted by Crippen LogP contribution is -2.44. The highest BCUT2D eigenvalue weighted by Crippen LogP contribution is 2.40.